The van der Waals surface area contributed by atoms with Crippen molar-refractivity contribution in [2.45, 2.75) is 12.8 Å². The summed E-state index contributed by atoms with van der Waals surface area (Å²) in [5.41, 5.74) is 2.36. The number of ether oxygens (including phenoxy) is 2. The van der Waals surface area contributed by atoms with Gasteiger partial charge in [-0.15, -0.1) is 0 Å². The van der Waals surface area contributed by atoms with Gasteiger partial charge in [-0.25, -0.2) is 4.79 Å². The van der Waals surface area contributed by atoms with Crippen molar-refractivity contribution in [3.05, 3.63) is 59.2 Å². The average Bonchev–Trinajstić information content (AvgIpc) is 2.65. The van der Waals surface area contributed by atoms with E-state index < -0.39 is 5.97 Å². The van der Waals surface area contributed by atoms with Crippen molar-refractivity contribution < 1.29 is 23.9 Å². The topological polar surface area (TPSA) is 81.7 Å². The summed E-state index contributed by atoms with van der Waals surface area (Å²) in [5, 5.41) is 2.75. The second-order valence-corrected chi connectivity index (χ2v) is 5.65. The summed E-state index contributed by atoms with van der Waals surface area (Å²) in [6.45, 7) is -0.347. The van der Waals surface area contributed by atoms with Crippen molar-refractivity contribution >= 4 is 23.3 Å². The van der Waals surface area contributed by atoms with E-state index in [1.165, 1.54) is 7.11 Å². The summed E-state index contributed by atoms with van der Waals surface area (Å²) in [4.78, 5) is 35.7. The van der Waals surface area contributed by atoms with Crippen LogP contribution in [0.15, 0.2) is 42.5 Å². The minimum Gasteiger partial charge on any atom is -0.497 e. The molecular formula is C19H17NO5. The van der Waals surface area contributed by atoms with Gasteiger partial charge in [-0.3, -0.25) is 9.59 Å². The third kappa shape index (κ3) is 3.85. The Morgan fingerprint density at radius 3 is 2.72 bits per heavy atom. The summed E-state index contributed by atoms with van der Waals surface area (Å²) in [5.74, 6) is -0.353. The summed E-state index contributed by atoms with van der Waals surface area (Å²) in [6, 6.07) is 11.6. The van der Waals surface area contributed by atoms with Crippen LogP contribution in [-0.4, -0.2) is 31.4 Å². The van der Waals surface area contributed by atoms with Gasteiger partial charge in [0.2, 0.25) is 5.91 Å². The number of aryl methyl sites for hydroxylation is 1. The number of methoxy groups -OCH3 is 1. The van der Waals surface area contributed by atoms with Crippen LogP contribution in [0.1, 0.15) is 32.7 Å². The molecule has 0 unspecified atom stereocenters. The Morgan fingerprint density at radius 1 is 1.08 bits per heavy atom. The Hall–Kier alpha value is -3.15. The van der Waals surface area contributed by atoms with Crippen molar-refractivity contribution in [3.63, 3.8) is 0 Å². The maximum atomic E-state index is 12.2. The van der Waals surface area contributed by atoms with Gasteiger partial charge in [0.05, 0.1) is 12.7 Å². The average molecular weight is 339 g/mol. The van der Waals surface area contributed by atoms with Crippen LogP contribution in [0.25, 0.3) is 0 Å². The predicted octanol–water partition coefficient (Wildman–Crippen LogP) is 2.62. The van der Waals surface area contributed by atoms with Gasteiger partial charge in [0.1, 0.15) is 5.75 Å². The first kappa shape index (κ1) is 16.7. The van der Waals surface area contributed by atoms with Gasteiger partial charge in [0.15, 0.2) is 12.4 Å². The van der Waals surface area contributed by atoms with Crippen LogP contribution in [0, 0.1) is 0 Å². The van der Waals surface area contributed by atoms with E-state index >= 15 is 0 Å². The monoisotopic (exact) mass is 339 g/mol. The third-order valence-corrected chi connectivity index (χ3v) is 3.96. The molecule has 0 atom stereocenters. The number of rotatable bonds is 5. The first-order valence-electron chi connectivity index (χ1n) is 7.84. The number of amides is 1. The van der Waals surface area contributed by atoms with Crippen LogP contribution in [0.3, 0.4) is 0 Å². The molecule has 6 heteroatoms. The van der Waals surface area contributed by atoms with E-state index in [4.69, 9.17) is 9.47 Å². The lowest BCUT2D eigenvalue weighted by molar-refractivity contribution is -0.116. The fraction of sp³-hybridized carbons (Fsp3) is 0.211. The van der Waals surface area contributed by atoms with E-state index in [9.17, 15) is 14.4 Å². The minimum absolute atomic E-state index is 0.0355. The number of esters is 1. The number of hydrogen-bond acceptors (Lipinski definition) is 5. The Bertz CT molecular complexity index is 843. The molecule has 1 aliphatic heterocycles. The number of benzene rings is 2. The lowest BCUT2D eigenvalue weighted by atomic mass is 10.0. The third-order valence-electron chi connectivity index (χ3n) is 3.96. The molecule has 0 saturated heterocycles. The number of ketones is 1. The van der Waals surface area contributed by atoms with Crippen LogP contribution in [0.2, 0.25) is 0 Å². The molecule has 1 amide bonds. The van der Waals surface area contributed by atoms with Crippen molar-refractivity contribution in [1.82, 2.24) is 0 Å². The van der Waals surface area contributed by atoms with Gasteiger partial charge in [-0.2, -0.15) is 0 Å². The molecule has 2 aromatic rings. The zero-order valence-electron chi connectivity index (χ0n) is 13.7. The standard InChI is InChI=1S/C19H17NO5/c1-24-15-4-2-3-13(10-15)17(21)11-25-19(23)14-5-7-16-12(9-14)6-8-18(22)20-16/h2-5,7,9-10H,6,8,11H2,1H3,(H,20,22). The quantitative estimate of drug-likeness (QED) is 0.669. The summed E-state index contributed by atoms with van der Waals surface area (Å²) < 4.78 is 10.2. The number of nitrogens with one attached hydrogen (secondary N) is 1. The van der Waals surface area contributed by atoms with Gasteiger partial charge in [0.25, 0.3) is 0 Å². The van der Waals surface area contributed by atoms with E-state index in [0.29, 0.717) is 35.4 Å². The van der Waals surface area contributed by atoms with E-state index in [-0.39, 0.29) is 18.3 Å². The highest BCUT2D eigenvalue weighted by Crippen LogP contribution is 2.24. The largest absolute Gasteiger partial charge is 0.497 e. The van der Waals surface area contributed by atoms with E-state index in [0.717, 1.165) is 5.56 Å². The highest BCUT2D eigenvalue weighted by molar-refractivity contribution is 6.00. The molecule has 0 aromatic heterocycles. The highest BCUT2D eigenvalue weighted by Gasteiger charge is 2.18. The van der Waals surface area contributed by atoms with E-state index in [2.05, 4.69) is 5.32 Å². The van der Waals surface area contributed by atoms with Crippen molar-refractivity contribution in [2.24, 2.45) is 0 Å². The maximum absolute atomic E-state index is 12.2. The van der Waals surface area contributed by atoms with Crippen LogP contribution >= 0.6 is 0 Å². The zero-order valence-corrected chi connectivity index (χ0v) is 13.7. The Morgan fingerprint density at radius 2 is 1.92 bits per heavy atom. The molecule has 3 rings (SSSR count). The number of anilines is 1. The molecule has 2 aromatic carbocycles. The molecule has 0 fully saturated rings. The van der Waals surface area contributed by atoms with Crippen molar-refractivity contribution in [1.29, 1.82) is 0 Å². The Kier molecular flexibility index (Phi) is 4.79. The predicted molar refractivity (Wildman–Crippen MR) is 91.0 cm³/mol. The first-order chi connectivity index (χ1) is 12.1. The number of fused-ring (bicyclic) bond motifs is 1. The minimum atomic E-state index is -0.573. The van der Waals surface area contributed by atoms with E-state index in [1.807, 2.05) is 0 Å². The molecule has 0 aliphatic carbocycles. The highest BCUT2D eigenvalue weighted by atomic mass is 16.5. The summed E-state index contributed by atoms with van der Waals surface area (Å²) >= 11 is 0. The van der Waals surface area contributed by atoms with E-state index in [1.54, 1.807) is 42.5 Å². The van der Waals surface area contributed by atoms with Crippen molar-refractivity contribution in [2.75, 3.05) is 19.0 Å². The zero-order chi connectivity index (χ0) is 17.8. The molecule has 6 nitrogen and oxygen atoms in total. The molecule has 1 N–H and O–H groups in total. The van der Waals surface area contributed by atoms with Crippen molar-refractivity contribution in [3.8, 4) is 5.75 Å². The van der Waals surface area contributed by atoms with Crippen LogP contribution in [-0.2, 0) is 16.0 Å². The molecule has 0 saturated carbocycles. The Balaban J connectivity index is 1.64. The molecule has 25 heavy (non-hydrogen) atoms. The smallest absolute Gasteiger partial charge is 0.338 e. The van der Waals surface area contributed by atoms with Crippen LogP contribution in [0.5, 0.6) is 5.75 Å². The van der Waals surface area contributed by atoms with Gasteiger partial charge in [-0.1, -0.05) is 12.1 Å². The Labute approximate surface area is 144 Å². The van der Waals surface area contributed by atoms with Gasteiger partial charge >= 0.3 is 5.97 Å². The molecule has 128 valence electrons. The number of carbonyl (C=O) groups excluding carboxylic acids is 3. The normalized spacial score (nSPS) is 12.8. The SMILES string of the molecule is COc1cccc(C(=O)COC(=O)c2ccc3c(c2)CCC(=O)N3)c1. The molecule has 0 radical (unpaired) electrons. The molecule has 0 bridgehead atoms. The van der Waals surface area contributed by atoms with Gasteiger partial charge < -0.3 is 14.8 Å². The number of carbonyl (C=O) groups is 3. The lowest BCUT2D eigenvalue weighted by Gasteiger charge is -2.17. The molecule has 1 aliphatic rings. The van der Waals surface area contributed by atoms with Crippen LogP contribution < -0.4 is 10.1 Å². The maximum Gasteiger partial charge on any atom is 0.338 e. The second-order valence-electron chi connectivity index (χ2n) is 5.65. The molecule has 0 spiro atoms. The van der Waals surface area contributed by atoms with Gasteiger partial charge in [0, 0.05) is 17.7 Å². The number of Topliss-reactive ketones (excluding diaryl/α,β-unsaturated/α-hetero) is 1. The first-order valence-corrected chi connectivity index (χ1v) is 7.84. The fourth-order valence-corrected chi connectivity index (χ4v) is 2.60. The molecular weight excluding hydrogens is 322 g/mol. The second kappa shape index (κ2) is 7.17. The lowest BCUT2D eigenvalue weighted by Crippen LogP contribution is -2.20. The fourth-order valence-electron chi connectivity index (χ4n) is 2.60. The summed E-state index contributed by atoms with van der Waals surface area (Å²) in [6.07, 6.45) is 0.963. The van der Waals surface area contributed by atoms with Crippen LogP contribution in [0.4, 0.5) is 5.69 Å². The number of hydrogen-bond donors (Lipinski definition) is 1. The summed E-state index contributed by atoms with van der Waals surface area (Å²) in [7, 11) is 1.52. The van der Waals surface area contributed by atoms with Gasteiger partial charge in [-0.05, 0) is 42.3 Å². The molecule has 1 heterocycles.